The van der Waals surface area contributed by atoms with E-state index in [0.29, 0.717) is 12.1 Å². The van der Waals surface area contributed by atoms with Crippen molar-refractivity contribution < 1.29 is 9.53 Å². The van der Waals surface area contributed by atoms with E-state index >= 15 is 0 Å². The normalized spacial score (nSPS) is 23.2. The summed E-state index contributed by atoms with van der Waals surface area (Å²) in [5.41, 5.74) is 0. The molecule has 1 heterocycles. The van der Waals surface area contributed by atoms with Crippen LogP contribution in [0.25, 0.3) is 0 Å². The quantitative estimate of drug-likeness (QED) is 0.849. The molecule has 1 fully saturated rings. The summed E-state index contributed by atoms with van der Waals surface area (Å²) in [6, 6.07) is 8.21. The van der Waals surface area contributed by atoms with Gasteiger partial charge in [-0.05, 0) is 51.3 Å². The van der Waals surface area contributed by atoms with Gasteiger partial charge in [0.25, 0.3) is 5.91 Å². The zero-order chi connectivity index (χ0) is 13.8. The van der Waals surface area contributed by atoms with Crippen molar-refractivity contribution >= 4 is 21.8 Å². The second-order valence-corrected chi connectivity index (χ2v) is 6.09. The van der Waals surface area contributed by atoms with Gasteiger partial charge in [-0.1, -0.05) is 22.0 Å². The number of benzene rings is 1. The summed E-state index contributed by atoms with van der Waals surface area (Å²) in [6.45, 7) is 4.35. The molecule has 1 amide bonds. The fourth-order valence-corrected chi connectivity index (χ4v) is 3.07. The van der Waals surface area contributed by atoms with Gasteiger partial charge in [0.15, 0.2) is 6.61 Å². The van der Waals surface area contributed by atoms with Crippen molar-refractivity contribution in [1.29, 1.82) is 0 Å². The van der Waals surface area contributed by atoms with Gasteiger partial charge in [-0.15, -0.1) is 0 Å². The number of carbonyl (C=O) groups is 1. The second-order valence-electron chi connectivity index (χ2n) is 5.18. The third-order valence-corrected chi connectivity index (χ3v) is 4.13. The largest absolute Gasteiger partial charge is 0.484 e. The molecule has 0 unspecified atom stereocenters. The minimum Gasteiger partial charge on any atom is -0.484 e. The van der Waals surface area contributed by atoms with Crippen LogP contribution < -0.4 is 4.74 Å². The highest BCUT2D eigenvalue weighted by atomic mass is 79.9. The Morgan fingerprint density at radius 1 is 1.37 bits per heavy atom. The summed E-state index contributed by atoms with van der Waals surface area (Å²) in [6.07, 6.45) is 3.39. The molecule has 0 aliphatic carbocycles. The Labute approximate surface area is 123 Å². The Hall–Kier alpha value is -1.03. The highest BCUT2D eigenvalue weighted by Gasteiger charge is 2.28. The molecule has 3 nitrogen and oxygen atoms in total. The number of halogens is 1. The lowest BCUT2D eigenvalue weighted by atomic mass is 9.97. The number of piperidine rings is 1. The van der Waals surface area contributed by atoms with E-state index in [4.69, 9.17) is 4.74 Å². The van der Waals surface area contributed by atoms with E-state index in [1.54, 1.807) is 0 Å². The Bertz CT molecular complexity index is 440. The van der Waals surface area contributed by atoms with Gasteiger partial charge in [0.2, 0.25) is 0 Å². The summed E-state index contributed by atoms with van der Waals surface area (Å²) < 4.78 is 6.53. The molecule has 1 aromatic rings. The molecule has 0 N–H and O–H groups in total. The first-order chi connectivity index (χ1) is 9.08. The molecule has 0 spiro atoms. The lowest BCUT2D eigenvalue weighted by Gasteiger charge is -2.38. The fraction of sp³-hybridized carbons (Fsp3) is 0.533. The lowest BCUT2D eigenvalue weighted by Crippen LogP contribution is -2.49. The number of carbonyl (C=O) groups excluding carboxylic acids is 1. The summed E-state index contributed by atoms with van der Waals surface area (Å²) >= 11 is 3.39. The van der Waals surface area contributed by atoms with Crippen molar-refractivity contribution in [2.45, 2.75) is 45.2 Å². The molecular weight excluding hydrogens is 306 g/mol. The van der Waals surface area contributed by atoms with E-state index in [9.17, 15) is 4.79 Å². The van der Waals surface area contributed by atoms with Crippen molar-refractivity contribution in [3.63, 3.8) is 0 Å². The maximum atomic E-state index is 12.3. The Morgan fingerprint density at radius 3 is 2.68 bits per heavy atom. The van der Waals surface area contributed by atoms with E-state index in [1.165, 1.54) is 6.42 Å². The zero-order valence-corrected chi connectivity index (χ0v) is 13.0. The van der Waals surface area contributed by atoms with Gasteiger partial charge in [-0.3, -0.25) is 4.79 Å². The van der Waals surface area contributed by atoms with Crippen LogP contribution in [0.5, 0.6) is 5.75 Å². The Morgan fingerprint density at radius 2 is 2.05 bits per heavy atom. The van der Waals surface area contributed by atoms with Crippen LogP contribution in [0.3, 0.4) is 0 Å². The van der Waals surface area contributed by atoms with Gasteiger partial charge in [-0.2, -0.15) is 0 Å². The van der Waals surface area contributed by atoms with E-state index < -0.39 is 0 Å². The maximum absolute atomic E-state index is 12.3. The molecule has 1 saturated heterocycles. The summed E-state index contributed by atoms with van der Waals surface area (Å²) in [5, 5.41) is 0. The lowest BCUT2D eigenvalue weighted by molar-refractivity contribution is -0.139. The van der Waals surface area contributed by atoms with Crippen molar-refractivity contribution in [2.75, 3.05) is 6.61 Å². The molecule has 0 bridgehead atoms. The van der Waals surface area contributed by atoms with Gasteiger partial charge in [0.1, 0.15) is 5.75 Å². The minimum absolute atomic E-state index is 0.0830. The number of hydrogen-bond donors (Lipinski definition) is 0. The van der Waals surface area contributed by atoms with Crippen LogP contribution >= 0.6 is 15.9 Å². The minimum atomic E-state index is 0.0830. The predicted octanol–water partition coefficient (Wildman–Crippen LogP) is 3.62. The molecule has 0 saturated carbocycles. The van der Waals surface area contributed by atoms with Crippen LogP contribution in [-0.2, 0) is 4.79 Å². The van der Waals surface area contributed by atoms with Crippen molar-refractivity contribution in [1.82, 2.24) is 4.90 Å². The first-order valence-electron chi connectivity index (χ1n) is 6.77. The molecule has 19 heavy (non-hydrogen) atoms. The predicted molar refractivity (Wildman–Crippen MR) is 79.3 cm³/mol. The van der Waals surface area contributed by atoms with Crippen LogP contribution in [0.4, 0.5) is 0 Å². The molecule has 2 rings (SSSR count). The van der Waals surface area contributed by atoms with Crippen LogP contribution in [0.15, 0.2) is 28.7 Å². The van der Waals surface area contributed by atoms with Crippen LogP contribution in [0.2, 0.25) is 0 Å². The Balaban J connectivity index is 1.93. The third kappa shape index (κ3) is 3.72. The van der Waals surface area contributed by atoms with Crippen LogP contribution in [0.1, 0.15) is 33.1 Å². The number of hydrogen-bond acceptors (Lipinski definition) is 2. The van der Waals surface area contributed by atoms with E-state index in [1.807, 2.05) is 29.2 Å². The van der Waals surface area contributed by atoms with Gasteiger partial charge >= 0.3 is 0 Å². The molecule has 0 aromatic heterocycles. The number of rotatable bonds is 3. The van der Waals surface area contributed by atoms with E-state index in [0.717, 1.165) is 23.1 Å². The van der Waals surface area contributed by atoms with Crippen molar-refractivity contribution in [2.24, 2.45) is 0 Å². The highest BCUT2D eigenvalue weighted by Crippen LogP contribution is 2.23. The summed E-state index contributed by atoms with van der Waals surface area (Å²) in [4.78, 5) is 14.2. The number of likely N-dealkylation sites (tertiary alicyclic amines) is 1. The SMILES string of the molecule is C[C@@H]1CCC[C@@H](C)N1C(=O)COc1cccc(Br)c1. The van der Waals surface area contributed by atoms with Gasteiger partial charge in [0, 0.05) is 16.6 Å². The molecule has 1 aliphatic rings. The monoisotopic (exact) mass is 325 g/mol. The first kappa shape index (κ1) is 14.4. The van der Waals surface area contributed by atoms with Crippen molar-refractivity contribution in [3.05, 3.63) is 28.7 Å². The topological polar surface area (TPSA) is 29.5 Å². The average molecular weight is 326 g/mol. The number of nitrogens with zero attached hydrogens (tertiary/aromatic N) is 1. The smallest absolute Gasteiger partial charge is 0.260 e. The molecule has 1 aliphatic heterocycles. The molecule has 104 valence electrons. The highest BCUT2D eigenvalue weighted by molar-refractivity contribution is 9.10. The fourth-order valence-electron chi connectivity index (χ4n) is 2.69. The Kier molecular flexibility index (Phi) is 4.86. The van der Waals surface area contributed by atoms with Crippen LogP contribution in [0, 0.1) is 0 Å². The number of amides is 1. The molecule has 2 atom stereocenters. The zero-order valence-electron chi connectivity index (χ0n) is 11.4. The van der Waals surface area contributed by atoms with Crippen molar-refractivity contribution in [3.8, 4) is 5.75 Å². The van der Waals surface area contributed by atoms with E-state index in [2.05, 4.69) is 29.8 Å². The molecule has 4 heteroatoms. The maximum Gasteiger partial charge on any atom is 0.260 e. The van der Waals surface area contributed by atoms with Gasteiger partial charge in [-0.25, -0.2) is 0 Å². The van der Waals surface area contributed by atoms with Gasteiger partial charge < -0.3 is 9.64 Å². The first-order valence-corrected chi connectivity index (χ1v) is 7.57. The molecular formula is C15H20BrNO2. The average Bonchev–Trinajstić information content (AvgIpc) is 2.36. The standard InChI is InChI=1S/C15H20BrNO2/c1-11-5-3-6-12(2)17(11)15(18)10-19-14-8-4-7-13(16)9-14/h4,7-9,11-12H,3,5-6,10H2,1-2H3/t11-,12-/m1/s1. The number of ether oxygens (including phenoxy) is 1. The van der Waals surface area contributed by atoms with E-state index in [-0.39, 0.29) is 12.5 Å². The van der Waals surface area contributed by atoms with Gasteiger partial charge in [0.05, 0.1) is 0 Å². The molecule has 1 aromatic carbocycles. The van der Waals surface area contributed by atoms with Crippen LogP contribution in [-0.4, -0.2) is 29.5 Å². The molecule has 0 radical (unpaired) electrons. The third-order valence-electron chi connectivity index (χ3n) is 3.64. The summed E-state index contributed by atoms with van der Waals surface area (Å²) in [7, 11) is 0. The summed E-state index contributed by atoms with van der Waals surface area (Å²) in [5.74, 6) is 0.805. The second kappa shape index (κ2) is 6.42.